The van der Waals surface area contributed by atoms with Crippen LogP contribution >= 0.6 is 12.1 Å². The number of hydrogen-bond acceptors (Lipinski definition) is 13. The van der Waals surface area contributed by atoms with Gasteiger partial charge < -0.3 is 18.9 Å². The maximum absolute atomic E-state index is 16.1. The molecule has 65 heavy (non-hydrogen) atoms. The van der Waals surface area contributed by atoms with Crippen molar-refractivity contribution in [3.8, 4) is 17.6 Å². The molecule has 4 aliphatic heterocycles. The van der Waals surface area contributed by atoms with Crippen molar-refractivity contribution in [3.63, 3.8) is 0 Å². The number of rotatable bonds is 10. The summed E-state index contributed by atoms with van der Waals surface area (Å²) in [6, 6.07) is 12.8. The second-order valence-electron chi connectivity index (χ2n) is 17.9. The van der Waals surface area contributed by atoms with Crippen molar-refractivity contribution >= 4 is 57.4 Å². The fourth-order valence-corrected chi connectivity index (χ4v) is 11.3. The number of anilines is 2. The van der Waals surface area contributed by atoms with E-state index >= 15 is 8.78 Å². The number of benzene rings is 3. The van der Waals surface area contributed by atoms with Gasteiger partial charge in [0.1, 0.15) is 23.2 Å². The Bertz CT molecular complexity index is 2790. The van der Waals surface area contributed by atoms with Crippen LogP contribution in [-0.2, 0) is 21.3 Å². The standard InChI is InChI=1S/C46H50F2N10O6S/c1-4-54(2)65-53-39-8-6-36(47)42(35(39)21-49)64-31-5-7-38-33(17-31)44(60)57(25-50-38)30-20-46(63-24-30)12-9-27(10-13-46)58-28-15-26(16-29(58)23-62-22-28)32-19-40-34(18-37(32)48)43(52-55(40)3)56-14-11-41(59)51-45(56)61/h5-8,17-19,25-30,53H,4,9-16,20,22-24H2,1-3H3,(H,51,59,61). The summed E-state index contributed by atoms with van der Waals surface area (Å²) < 4.78 is 58.3. The first-order valence-corrected chi connectivity index (χ1v) is 23.0. The Kier molecular flexibility index (Phi) is 11.5. The number of fused-ring (bicyclic) bond motifs is 4. The molecular formula is C46H50F2N10O6S. The number of nitriles is 1. The maximum Gasteiger partial charge on any atom is 0.329 e. The van der Waals surface area contributed by atoms with Gasteiger partial charge in [-0.25, -0.2) is 22.9 Å². The minimum atomic E-state index is -0.702. The lowest BCUT2D eigenvalue weighted by molar-refractivity contribution is -0.120. The van der Waals surface area contributed by atoms with Gasteiger partial charge in [0, 0.05) is 62.2 Å². The molecule has 4 saturated heterocycles. The number of hydrogen-bond donors (Lipinski definition) is 2. The normalized spacial score (nSPS) is 26.0. The molecule has 3 amide bonds. The van der Waals surface area contributed by atoms with Crippen LogP contribution in [0, 0.1) is 23.0 Å². The second kappa shape index (κ2) is 17.3. The van der Waals surface area contributed by atoms with Crippen LogP contribution in [0.2, 0.25) is 0 Å². The summed E-state index contributed by atoms with van der Waals surface area (Å²) in [5, 5.41) is 17.7. The number of aryl methyl sites for hydroxylation is 1. The van der Waals surface area contributed by atoms with Crippen molar-refractivity contribution in [3.05, 3.63) is 81.9 Å². The molecule has 5 fully saturated rings. The molecule has 10 rings (SSSR count). The lowest BCUT2D eigenvalue weighted by Crippen LogP contribution is -2.61. The van der Waals surface area contributed by atoms with Crippen molar-refractivity contribution in [2.45, 2.75) is 94.0 Å². The molecule has 16 nitrogen and oxygen atoms in total. The van der Waals surface area contributed by atoms with Crippen LogP contribution in [0.15, 0.2) is 53.6 Å². The molecular weight excluding hydrogens is 859 g/mol. The van der Waals surface area contributed by atoms with Gasteiger partial charge in [-0.2, -0.15) is 10.4 Å². The molecule has 5 aromatic rings. The number of piperidine rings is 1. The Hall–Kier alpha value is -5.65. The molecule has 3 aromatic carbocycles. The molecule has 340 valence electrons. The summed E-state index contributed by atoms with van der Waals surface area (Å²) in [4.78, 5) is 47.1. The van der Waals surface area contributed by atoms with E-state index in [1.807, 2.05) is 24.3 Å². The highest BCUT2D eigenvalue weighted by Gasteiger charge is 2.49. The largest absolute Gasteiger partial charge is 0.453 e. The summed E-state index contributed by atoms with van der Waals surface area (Å²) in [6.45, 7) is 4.44. The van der Waals surface area contributed by atoms with E-state index in [1.54, 1.807) is 40.8 Å². The minimum absolute atomic E-state index is 0.00700. The van der Waals surface area contributed by atoms with E-state index < -0.39 is 11.8 Å². The molecule has 2 aromatic heterocycles. The zero-order valence-electron chi connectivity index (χ0n) is 36.4. The van der Waals surface area contributed by atoms with Gasteiger partial charge in [0.05, 0.1) is 59.9 Å². The molecule has 0 radical (unpaired) electrons. The zero-order valence-corrected chi connectivity index (χ0v) is 37.2. The van der Waals surface area contributed by atoms with E-state index in [9.17, 15) is 19.6 Å². The summed E-state index contributed by atoms with van der Waals surface area (Å²) in [5.41, 5.74) is 1.63. The van der Waals surface area contributed by atoms with Crippen molar-refractivity contribution < 1.29 is 32.6 Å². The van der Waals surface area contributed by atoms with E-state index in [2.05, 4.69) is 31.1 Å². The van der Waals surface area contributed by atoms with Gasteiger partial charge in [-0.3, -0.25) is 34.0 Å². The van der Waals surface area contributed by atoms with E-state index in [4.69, 9.17) is 14.2 Å². The van der Waals surface area contributed by atoms with Gasteiger partial charge in [-0.05, 0) is 106 Å². The molecule has 1 saturated carbocycles. The highest BCUT2D eigenvalue weighted by atomic mass is 32.2. The molecule has 1 spiro atoms. The van der Waals surface area contributed by atoms with Crippen molar-refractivity contribution in [1.29, 1.82) is 5.26 Å². The van der Waals surface area contributed by atoms with Crippen molar-refractivity contribution in [2.75, 3.05) is 49.6 Å². The number of morpholine rings is 1. The van der Waals surface area contributed by atoms with E-state index in [0.29, 0.717) is 65.6 Å². The Morgan fingerprint density at radius 1 is 1.02 bits per heavy atom. The highest BCUT2D eigenvalue weighted by Crippen LogP contribution is 2.48. The topological polar surface area (TPSA) is 172 Å². The maximum atomic E-state index is 16.1. The predicted molar refractivity (Wildman–Crippen MR) is 240 cm³/mol. The van der Waals surface area contributed by atoms with Gasteiger partial charge in [0.15, 0.2) is 17.4 Å². The predicted octanol–water partition coefficient (Wildman–Crippen LogP) is 6.89. The van der Waals surface area contributed by atoms with Crippen LogP contribution in [0.5, 0.6) is 11.5 Å². The molecule has 2 bridgehead atoms. The third-order valence-corrected chi connectivity index (χ3v) is 15.0. The lowest BCUT2D eigenvalue weighted by Gasteiger charge is -2.54. The summed E-state index contributed by atoms with van der Waals surface area (Å²) >= 11 is 1.28. The van der Waals surface area contributed by atoms with Crippen LogP contribution in [-0.4, -0.2) is 104 Å². The van der Waals surface area contributed by atoms with Gasteiger partial charge in [0.2, 0.25) is 5.91 Å². The van der Waals surface area contributed by atoms with Crippen LogP contribution < -0.4 is 25.2 Å². The summed E-state index contributed by atoms with van der Waals surface area (Å²) in [5.74, 6) is -1.08. The van der Waals surface area contributed by atoms with E-state index in [1.165, 1.54) is 35.2 Å². The first kappa shape index (κ1) is 43.3. The number of nitrogens with one attached hydrogen (secondary N) is 2. The highest BCUT2D eigenvalue weighted by molar-refractivity contribution is 7.98. The molecule has 19 heteroatoms. The molecule has 3 atom stereocenters. The SMILES string of the molecule is CCN(C)SNc1ccc(F)c(Oc2ccc3ncn(C4COC5(CCC(N6C7COCC6CC(c6cc8c(cc6F)c(N6CCC(=O)NC6=O)nn8C)C7)CC5)C4)c(=O)c3c2)c1C#N. The number of carbonyl (C=O) groups is 2. The first-order valence-electron chi connectivity index (χ1n) is 22.2. The van der Waals surface area contributed by atoms with Gasteiger partial charge in [0.25, 0.3) is 5.56 Å². The molecule has 6 heterocycles. The molecule has 1 aliphatic carbocycles. The fraction of sp³-hybridized carbons (Fsp3) is 0.478. The van der Waals surface area contributed by atoms with Gasteiger partial charge in [-0.15, -0.1) is 0 Å². The average Bonchev–Trinajstić information content (AvgIpc) is 3.85. The Labute approximate surface area is 378 Å². The molecule has 3 unspecified atom stereocenters. The van der Waals surface area contributed by atoms with Crippen LogP contribution in [0.1, 0.15) is 81.4 Å². The van der Waals surface area contributed by atoms with Crippen LogP contribution in [0.4, 0.5) is 25.1 Å². The monoisotopic (exact) mass is 908 g/mol. The van der Waals surface area contributed by atoms with Crippen molar-refractivity contribution in [2.24, 2.45) is 7.05 Å². The number of carbonyl (C=O) groups excluding carboxylic acids is 2. The third-order valence-electron chi connectivity index (χ3n) is 14.1. The number of nitrogens with zero attached hydrogens (tertiary/aromatic N) is 8. The van der Waals surface area contributed by atoms with Crippen LogP contribution in [0.25, 0.3) is 21.8 Å². The van der Waals surface area contributed by atoms with E-state index in [0.717, 1.165) is 50.6 Å². The number of ether oxygens (including phenoxy) is 3. The average molecular weight is 909 g/mol. The summed E-state index contributed by atoms with van der Waals surface area (Å²) in [7, 11) is 3.67. The van der Waals surface area contributed by atoms with E-state index in [-0.39, 0.29) is 77.0 Å². The Morgan fingerprint density at radius 3 is 2.54 bits per heavy atom. The minimum Gasteiger partial charge on any atom is -0.453 e. The number of imide groups is 1. The second-order valence-corrected chi connectivity index (χ2v) is 18.9. The van der Waals surface area contributed by atoms with Crippen LogP contribution in [0.3, 0.4) is 0 Å². The number of amides is 3. The Balaban J connectivity index is 0.806. The first-order chi connectivity index (χ1) is 31.4. The smallest absolute Gasteiger partial charge is 0.329 e. The number of urea groups is 1. The fourth-order valence-electron chi connectivity index (χ4n) is 10.7. The summed E-state index contributed by atoms with van der Waals surface area (Å²) in [6.07, 6.45) is 7.43. The Morgan fingerprint density at radius 2 is 1.80 bits per heavy atom. The molecule has 2 N–H and O–H groups in total. The molecule has 5 aliphatic rings. The third kappa shape index (κ3) is 7.98. The number of aromatic nitrogens is 4. The van der Waals surface area contributed by atoms with Gasteiger partial charge in [-0.1, -0.05) is 6.92 Å². The number of halogens is 2. The quantitative estimate of drug-likeness (QED) is 0.139. The zero-order chi connectivity index (χ0) is 45.1. The van der Waals surface area contributed by atoms with Gasteiger partial charge >= 0.3 is 6.03 Å². The lowest BCUT2D eigenvalue weighted by atomic mass is 9.75. The van der Waals surface area contributed by atoms with Crippen molar-refractivity contribution in [1.82, 2.24) is 33.9 Å².